The molecule has 0 bridgehead atoms. The summed E-state index contributed by atoms with van der Waals surface area (Å²) in [6.07, 6.45) is 5.29. The third-order valence-corrected chi connectivity index (χ3v) is 2.70. The van der Waals surface area contributed by atoms with Crippen LogP contribution in [0.2, 0.25) is 0 Å². The Kier molecular flexibility index (Phi) is 3.26. The van der Waals surface area contributed by atoms with E-state index in [2.05, 4.69) is 16.5 Å². The van der Waals surface area contributed by atoms with Gasteiger partial charge in [-0.15, -0.1) is 0 Å². The molecule has 1 aliphatic carbocycles. The molecular weight excluding hydrogens is 200 g/mol. The minimum Gasteiger partial charge on any atom is -0.295 e. The van der Waals surface area contributed by atoms with Crippen LogP contribution in [0.15, 0.2) is 18.3 Å². The average Bonchev–Trinajstić information content (AvgIpc) is 2.25. The first-order valence-corrected chi connectivity index (χ1v) is 5.93. The molecule has 88 valence electrons. The van der Waals surface area contributed by atoms with Gasteiger partial charge in [0.05, 0.1) is 17.3 Å². The van der Waals surface area contributed by atoms with Gasteiger partial charge in [-0.2, -0.15) is 5.48 Å². The Bertz CT molecular complexity index is 357. The summed E-state index contributed by atoms with van der Waals surface area (Å²) in [5.41, 5.74) is 5.50. The van der Waals surface area contributed by atoms with Crippen molar-refractivity contribution in [1.29, 1.82) is 0 Å². The van der Waals surface area contributed by atoms with Crippen LogP contribution in [0.5, 0.6) is 0 Å². The minimum atomic E-state index is -0.160. The van der Waals surface area contributed by atoms with E-state index in [-0.39, 0.29) is 11.6 Å². The van der Waals surface area contributed by atoms with Crippen molar-refractivity contribution in [2.45, 2.75) is 51.7 Å². The van der Waals surface area contributed by atoms with Crippen LogP contribution in [0.4, 0.5) is 0 Å². The molecule has 1 aromatic heterocycles. The molecule has 1 N–H and O–H groups in total. The van der Waals surface area contributed by atoms with E-state index in [1.54, 1.807) is 0 Å². The smallest absolute Gasteiger partial charge is 0.0813 e. The number of fused-ring (bicyclic) bond motifs is 1. The zero-order chi connectivity index (χ0) is 11.6. The molecular formula is C13H20N2O. The first kappa shape index (κ1) is 11.6. The van der Waals surface area contributed by atoms with E-state index < -0.39 is 0 Å². The van der Waals surface area contributed by atoms with Crippen LogP contribution < -0.4 is 5.48 Å². The maximum atomic E-state index is 5.64. The van der Waals surface area contributed by atoms with E-state index >= 15 is 0 Å². The molecule has 0 saturated heterocycles. The lowest BCUT2D eigenvalue weighted by Gasteiger charge is -2.28. The van der Waals surface area contributed by atoms with Gasteiger partial charge in [-0.3, -0.25) is 9.82 Å². The summed E-state index contributed by atoms with van der Waals surface area (Å²) < 4.78 is 0. The van der Waals surface area contributed by atoms with Gasteiger partial charge in [-0.25, -0.2) is 0 Å². The van der Waals surface area contributed by atoms with Crippen LogP contribution in [0.3, 0.4) is 0 Å². The summed E-state index contributed by atoms with van der Waals surface area (Å²) in [5, 5.41) is 0. The fourth-order valence-corrected chi connectivity index (χ4v) is 1.97. The highest BCUT2D eigenvalue weighted by Crippen LogP contribution is 2.28. The lowest BCUT2D eigenvalue weighted by atomic mass is 9.92. The predicted molar refractivity (Wildman–Crippen MR) is 63.9 cm³/mol. The second-order valence-corrected chi connectivity index (χ2v) is 5.32. The van der Waals surface area contributed by atoms with Crippen LogP contribution in [-0.2, 0) is 11.3 Å². The Hall–Kier alpha value is -0.930. The van der Waals surface area contributed by atoms with Crippen LogP contribution in [0, 0.1) is 0 Å². The highest BCUT2D eigenvalue weighted by Gasteiger charge is 2.23. The average molecular weight is 220 g/mol. The molecule has 0 aliphatic heterocycles. The molecule has 1 heterocycles. The molecule has 0 radical (unpaired) electrons. The number of nitrogens with one attached hydrogen (secondary N) is 1. The molecule has 1 aromatic rings. The predicted octanol–water partition coefficient (Wildman–Crippen LogP) is 2.78. The topological polar surface area (TPSA) is 34.1 Å². The lowest BCUT2D eigenvalue weighted by Crippen LogP contribution is -2.34. The molecule has 0 saturated carbocycles. The van der Waals surface area contributed by atoms with Gasteiger partial charge < -0.3 is 0 Å². The van der Waals surface area contributed by atoms with Gasteiger partial charge in [-0.05, 0) is 51.7 Å². The molecule has 1 unspecified atom stereocenters. The summed E-state index contributed by atoms with van der Waals surface area (Å²) in [4.78, 5) is 10.1. The van der Waals surface area contributed by atoms with Crippen molar-refractivity contribution < 1.29 is 4.84 Å². The number of hydrogen-bond donors (Lipinski definition) is 1. The van der Waals surface area contributed by atoms with Crippen molar-refractivity contribution in [3.05, 3.63) is 29.6 Å². The Labute approximate surface area is 97.2 Å². The molecule has 2 rings (SSSR count). The van der Waals surface area contributed by atoms with Crippen molar-refractivity contribution in [1.82, 2.24) is 10.5 Å². The van der Waals surface area contributed by atoms with Crippen molar-refractivity contribution >= 4 is 0 Å². The van der Waals surface area contributed by atoms with E-state index in [0.29, 0.717) is 0 Å². The van der Waals surface area contributed by atoms with Gasteiger partial charge in [0.1, 0.15) is 0 Å². The Morgan fingerprint density at radius 1 is 1.44 bits per heavy atom. The fraction of sp³-hybridized carbons (Fsp3) is 0.615. The van der Waals surface area contributed by atoms with Gasteiger partial charge in [0, 0.05) is 6.20 Å². The Morgan fingerprint density at radius 3 is 3.00 bits per heavy atom. The molecule has 0 aromatic carbocycles. The number of hydroxylamine groups is 1. The van der Waals surface area contributed by atoms with Crippen LogP contribution in [-0.4, -0.2) is 10.6 Å². The zero-order valence-corrected chi connectivity index (χ0v) is 10.3. The highest BCUT2D eigenvalue weighted by molar-refractivity contribution is 5.25. The molecule has 0 fully saturated rings. The number of hydrogen-bond acceptors (Lipinski definition) is 3. The van der Waals surface area contributed by atoms with Crippen molar-refractivity contribution in [3.63, 3.8) is 0 Å². The quantitative estimate of drug-likeness (QED) is 0.778. The van der Waals surface area contributed by atoms with E-state index in [0.717, 1.165) is 18.5 Å². The molecule has 3 nitrogen and oxygen atoms in total. The third kappa shape index (κ3) is 2.80. The summed E-state index contributed by atoms with van der Waals surface area (Å²) in [5.74, 6) is 0. The standard InChI is InChI=1S/C13H20N2O/c1-13(2,3)16-15-11-8-4-6-10-7-5-9-14-12(10)11/h5,7,9,11,15H,4,6,8H2,1-3H3. The summed E-state index contributed by atoms with van der Waals surface area (Å²) in [7, 11) is 0. The second-order valence-electron chi connectivity index (χ2n) is 5.32. The molecule has 0 amide bonds. The number of aryl methyl sites for hydroxylation is 1. The largest absolute Gasteiger partial charge is 0.295 e. The van der Waals surface area contributed by atoms with E-state index in [4.69, 9.17) is 4.84 Å². The zero-order valence-electron chi connectivity index (χ0n) is 10.3. The lowest BCUT2D eigenvalue weighted by molar-refractivity contribution is -0.0917. The van der Waals surface area contributed by atoms with Gasteiger partial charge >= 0.3 is 0 Å². The normalized spacial score (nSPS) is 20.6. The molecule has 3 heteroatoms. The van der Waals surface area contributed by atoms with Crippen LogP contribution in [0.1, 0.15) is 50.9 Å². The van der Waals surface area contributed by atoms with Gasteiger partial charge in [0.15, 0.2) is 0 Å². The Morgan fingerprint density at radius 2 is 2.25 bits per heavy atom. The molecule has 16 heavy (non-hydrogen) atoms. The first-order chi connectivity index (χ1) is 7.56. The van der Waals surface area contributed by atoms with Gasteiger partial charge in [-0.1, -0.05) is 6.07 Å². The Balaban J connectivity index is 2.07. The highest BCUT2D eigenvalue weighted by atomic mass is 16.7. The maximum absolute atomic E-state index is 5.64. The summed E-state index contributed by atoms with van der Waals surface area (Å²) in [6, 6.07) is 4.41. The number of nitrogens with zero attached hydrogens (tertiary/aromatic N) is 1. The van der Waals surface area contributed by atoms with Crippen molar-refractivity contribution in [2.75, 3.05) is 0 Å². The second kappa shape index (κ2) is 4.52. The minimum absolute atomic E-state index is 0.160. The first-order valence-electron chi connectivity index (χ1n) is 5.93. The monoisotopic (exact) mass is 220 g/mol. The summed E-state index contributed by atoms with van der Waals surface area (Å²) in [6.45, 7) is 6.13. The van der Waals surface area contributed by atoms with E-state index in [1.807, 2.05) is 33.0 Å². The van der Waals surface area contributed by atoms with E-state index in [9.17, 15) is 0 Å². The van der Waals surface area contributed by atoms with E-state index in [1.165, 1.54) is 12.0 Å². The fourth-order valence-electron chi connectivity index (χ4n) is 1.97. The summed E-state index contributed by atoms with van der Waals surface area (Å²) >= 11 is 0. The van der Waals surface area contributed by atoms with Crippen LogP contribution in [0.25, 0.3) is 0 Å². The SMILES string of the molecule is CC(C)(C)ONC1CCCc2cccnc21. The third-order valence-electron chi connectivity index (χ3n) is 2.70. The van der Waals surface area contributed by atoms with Gasteiger partial charge in [0.2, 0.25) is 0 Å². The van der Waals surface area contributed by atoms with Crippen molar-refractivity contribution in [3.8, 4) is 0 Å². The molecule has 1 aliphatic rings. The maximum Gasteiger partial charge on any atom is 0.0813 e. The van der Waals surface area contributed by atoms with Crippen molar-refractivity contribution in [2.24, 2.45) is 0 Å². The number of pyridine rings is 1. The van der Waals surface area contributed by atoms with Gasteiger partial charge in [0.25, 0.3) is 0 Å². The number of rotatable bonds is 2. The van der Waals surface area contributed by atoms with Crippen LogP contribution >= 0.6 is 0 Å². The molecule has 0 spiro atoms. The number of aromatic nitrogens is 1. The molecule has 1 atom stereocenters.